The number of piperidine rings is 1. The molecule has 0 spiro atoms. The van der Waals surface area contributed by atoms with Gasteiger partial charge in [0.05, 0.1) is 30.7 Å². The first kappa shape index (κ1) is 30.5. The van der Waals surface area contributed by atoms with Crippen LogP contribution in [0.1, 0.15) is 49.7 Å². The zero-order valence-electron chi connectivity index (χ0n) is 23.7. The monoisotopic (exact) mass is 593 g/mol. The summed E-state index contributed by atoms with van der Waals surface area (Å²) in [5.74, 6) is -2.37. The first-order chi connectivity index (χ1) is 20.1. The van der Waals surface area contributed by atoms with Gasteiger partial charge in [-0.1, -0.05) is 24.3 Å². The number of hydrogen-bond donors (Lipinski definition) is 6. The summed E-state index contributed by atoms with van der Waals surface area (Å²) < 4.78 is 5.34. The lowest BCUT2D eigenvalue weighted by atomic mass is 9.80. The number of likely N-dealkylation sites (tertiary alicyclic amines) is 1. The van der Waals surface area contributed by atoms with Crippen molar-refractivity contribution >= 4 is 40.9 Å². The van der Waals surface area contributed by atoms with Crippen LogP contribution in [0.15, 0.2) is 71.1 Å². The van der Waals surface area contributed by atoms with Gasteiger partial charge in [-0.2, -0.15) is 0 Å². The number of carbonyl (C=O) groups excluding carboxylic acids is 1. The Morgan fingerprint density at radius 2 is 1.57 bits per heavy atom. The Morgan fingerprint density at radius 1 is 0.952 bits per heavy atom. The summed E-state index contributed by atoms with van der Waals surface area (Å²) in [7, 11) is 1.66. The molecule has 2 aromatic carbocycles. The molecule has 0 atom stereocenters. The zero-order valence-corrected chi connectivity index (χ0v) is 24.5. The van der Waals surface area contributed by atoms with Crippen molar-refractivity contribution in [2.45, 2.75) is 38.5 Å². The summed E-state index contributed by atoms with van der Waals surface area (Å²) in [5.41, 5.74) is 8.19. The van der Waals surface area contributed by atoms with E-state index in [0.717, 1.165) is 31.7 Å². The van der Waals surface area contributed by atoms with Crippen molar-refractivity contribution in [1.29, 1.82) is 0 Å². The van der Waals surface area contributed by atoms with E-state index in [1.807, 2.05) is 12.1 Å². The Morgan fingerprint density at radius 3 is 2.19 bits per heavy atom. The minimum absolute atomic E-state index is 0.0457. The van der Waals surface area contributed by atoms with E-state index < -0.39 is 17.9 Å². The van der Waals surface area contributed by atoms with E-state index in [2.05, 4.69) is 38.5 Å². The number of rotatable bonds is 8. The molecule has 0 radical (unpaired) electrons. The number of nitrogens with one attached hydrogen (secondary N) is 4. The SMILES string of the molecule is COc1cccc(C2CCN(CC(=O)NNC(=S)Nc3cccc(C4C(C(=O)O)=C(C)NC(C)=C4C(=O)O)c3)CC2)c1. The van der Waals surface area contributed by atoms with E-state index in [0.29, 0.717) is 28.6 Å². The molecule has 2 aliphatic heterocycles. The fourth-order valence-corrected chi connectivity index (χ4v) is 5.71. The molecule has 42 heavy (non-hydrogen) atoms. The number of thiocarbonyl (C=S) groups is 1. The molecule has 4 rings (SSSR count). The van der Waals surface area contributed by atoms with Gasteiger partial charge < -0.3 is 25.6 Å². The fourth-order valence-electron chi connectivity index (χ4n) is 5.54. The van der Waals surface area contributed by atoms with Gasteiger partial charge in [0.15, 0.2) is 5.11 Å². The lowest BCUT2D eigenvalue weighted by molar-refractivity contribution is -0.133. The van der Waals surface area contributed by atoms with Crippen LogP contribution in [-0.4, -0.2) is 64.8 Å². The van der Waals surface area contributed by atoms with E-state index in [-0.39, 0.29) is 28.7 Å². The first-order valence-electron chi connectivity index (χ1n) is 13.5. The number of ether oxygens (including phenoxy) is 1. The molecule has 1 fully saturated rings. The number of amides is 1. The fraction of sp³-hybridized carbons (Fsp3) is 0.333. The van der Waals surface area contributed by atoms with Crippen LogP contribution in [-0.2, 0) is 14.4 Å². The van der Waals surface area contributed by atoms with Crippen LogP contribution in [0.5, 0.6) is 5.75 Å². The maximum Gasteiger partial charge on any atom is 0.334 e. The number of allylic oxidation sites excluding steroid dienone is 2. The highest BCUT2D eigenvalue weighted by Crippen LogP contribution is 2.39. The number of hydrogen-bond acceptors (Lipinski definition) is 7. The quantitative estimate of drug-likeness (QED) is 0.198. The third-order valence-electron chi connectivity index (χ3n) is 7.53. The number of nitrogens with zero attached hydrogens (tertiary/aromatic N) is 1. The Labute approximate surface area is 249 Å². The van der Waals surface area contributed by atoms with Gasteiger partial charge in [0.1, 0.15) is 5.75 Å². The molecule has 0 aliphatic carbocycles. The molecular formula is C30H35N5O6S. The molecule has 222 valence electrons. The second-order valence-electron chi connectivity index (χ2n) is 10.3. The first-order valence-corrected chi connectivity index (χ1v) is 14.0. The lowest BCUT2D eigenvalue weighted by Crippen LogP contribution is -2.48. The Balaban J connectivity index is 1.31. The third-order valence-corrected chi connectivity index (χ3v) is 7.74. The number of carboxylic acids is 2. The lowest BCUT2D eigenvalue weighted by Gasteiger charge is -2.31. The summed E-state index contributed by atoms with van der Waals surface area (Å²) in [5, 5.41) is 25.7. The van der Waals surface area contributed by atoms with Crippen molar-refractivity contribution in [3.05, 3.63) is 82.2 Å². The second-order valence-corrected chi connectivity index (χ2v) is 10.7. The van der Waals surface area contributed by atoms with E-state index >= 15 is 0 Å². The number of dihydropyridines is 1. The number of carbonyl (C=O) groups is 3. The van der Waals surface area contributed by atoms with Gasteiger partial charge in [0.25, 0.3) is 5.91 Å². The molecule has 0 unspecified atom stereocenters. The van der Waals surface area contributed by atoms with Gasteiger partial charge in [0.2, 0.25) is 0 Å². The van der Waals surface area contributed by atoms with Crippen molar-refractivity contribution < 1.29 is 29.3 Å². The average Bonchev–Trinajstić information content (AvgIpc) is 2.95. The number of anilines is 1. The van der Waals surface area contributed by atoms with Crippen molar-refractivity contribution in [1.82, 2.24) is 21.1 Å². The molecule has 12 heteroatoms. The standard InChI is InChI=1S/C30H35N5O6S/c1-17-25(28(37)38)27(26(29(39)40)18(2)31-17)21-7-4-8-22(14-21)32-30(42)34-33-24(36)16-35-12-10-19(11-13-35)20-6-5-9-23(15-20)41-3/h4-9,14-15,19,27,31H,10-13,16H2,1-3H3,(H,33,36)(H,37,38)(H,39,40)(H2,32,34,42). The van der Waals surface area contributed by atoms with Crippen molar-refractivity contribution in [2.75, 3.05) is 32.1 Å². The normalized spacial score (nSPS) is 16.5. The number of benzene rings is 2. The summed E-state index contributed by atoms with van der Waals surface area (Å²) in [6.45, 7) is 5.01. The molecule has 1 saturated heterocycles. The topological polar surface area (TPSA) is 152 Å². The highest BCUT2D eigenvalue weighted by molar-refractivity contribution is 7.80. The predicted molar refractivity (Wildman–Crippen MR) is 162 cm³/mol. The molecule has 2 heterocycles. The van der Waals surface area contributed by atoms with Crippen molar-refractivity contribution in [3.8, 4) is 5.75 Å². The summed E-state index contributed by atoms with van der Waals surface area (Å²) in [4.78, 5) is 38.8. The highest BCUT2D eigenvalue weighted by atomic mass is 32.1. The number of hydrazine groups is 1. The molecular weight excluding hydrogens is 558 g/mol. The molecule has 0 bridgehead atoms. The van der Waals surface area contributed by atoms with Gasteiger partial charge >= 0.3 is 11.9 Å². The van der Waals surface area contributed by atoms with Gasteiger partial charge in [-0.15, -0.1) is 0 Å². The number of methoxy groups -OCH3 is 1. The van der Waals surface area contributed by atoms with Crippen LogP contribution >= 0.6 is 12.2 Å². The Bertz CT molecular complexity index is 1410. The molecule has 2 aliphatic rings. The van der Waals surface area contributed by atoms with E-state index in [9.17, 15) is 24.6 Å². The minimum atomic E-state index is -1.21. The van der Waals surface area contributed by atoms with E-state index in [4.69, 9.17) is 17.0 Å². The summed E-state index contributed by atoms with van der Waals surface area (Å²) in [6, 6.07) is 14.8. The van der Waals surface area contributed by atoms with Crippen LogP contribution in [0.3, 0.4) is 0 Å². The predicted octanol–water partition coefficient (Wildman–Crippen LogP) is 3.30. The van der Waals surface area contributed by atoms with E-state index in [1.54, 1.807) is 45.2 Å². The van der Waals surface area contributed by atoms with Gasteiger partial charge in [0, 0.05) is 17.1 Å². The minimum Gasteiger partial charge on any atom is -0.497 e. The average molecular weight is 594 g/mol. The molecule has 2 aromatic rings. The zero-order chi connectivity index (χ0) is 30.4. The largest absolute Gasteiger partial charge is 0.497 e. The molecule has 0 saturated carbocycles. The van der Waals surface area contributed by atoms with Crippen LogP contribution in [0.4, 0.5) is 5.69 Å². The van der Waals surface area contributed by atoms with Crippen LogP contribution in [0, 0.1) is 0 Å². The van der Waals surface area contributed by atoms with E-state index in [1.165, 1.54) is 5.56 Å². The number of aliphatic carboxylic acids is 2. The maximum atomic E-state index is 12.6. The second kappa shape index (κ2) is 13.5. The van der Waals surface area contributed by atoms with Crippen LogP contribution in [0.25, 0.3) is 0 Å². The molecule has 1 amide bonds. The molecule has 6 N–H and O–H groups in total. The van der Waals surface area contributed by atoms with Gasteiger partial charge in [-0.3, -0.25) is 20.5 Å². The Kier molecular flexibility index (Phi) is 9.81. The van der Waals surface area contributed by atoms with Crippen molar-refractivity contribution in [3.63, 3.8) is 0 Å². The van der Waals surface area contributed by atoms with Gasteiger partial charge in [-0.25, -0.2) is 9.59 Å². The van der Waals surface area contributed by atoms with Crippen molar-refractivity contribution in [2.24, 2.45) is 0 Å². The highest BCUT2D eigenvalue weighted by Gasteiger charge is 2.36. The van der Waals surface area contributed by atoms with Gasteiger partial charge in [-0.05, 0) is 93.3 Å². The van der Waals surface area contributed by atoms with Crippen LogP contribution in [0.2, 0.25) is 0 Å². The maximum absolute atomic E-state index is 12.6. The third kappa shape index (κ3) is 7.25. The van der Waals surface area contributed by atoms with Crippen LogP contribution < -0.4 is 26.2 Å². The summed E-state index contributed by atoms with van der Waals surface area (Å²) >= 11 is 5.34. The molecule has 0 aromatic heterocycles. The summed E-state index contributed by atoms with van der Waals surface area (Å²) in [6.07, 6.45) is 1.88. The number of carboxylic acid groups (broad SMARTS) is 2. The Hall–Kier alpha value is -4.42. The molecule has 11 nitrogen and oxygen atoms in total. The smallest absolute Gasteiger partial charge is 0.334 e.